The summed E-state index contributed by atoms with van der Waals surface area (Å²) in [5, 5.41) is 0. The number of aromatic nitrogens is 3. The first kappa shape index (κ1) is 7.34. The molecular weight excluding hydrogens is 146 g/mol. The van der Waals surface area contributed by atoms with Crippen molar-refractivity contribution in [2.45, 2.75) is 19.8 Å². The molecule has 1 aromatic rings. The van der Waals surface area contributed by atoms with E-state index in [1.165, 1.54) is 6.33 Å². The Labute approximate surface area is 64.5 Å². The van der Waals surface area contributed by atoms with Crippen LogP contribution >= 0.6 is 12.2 Å². The van der Waals surface area contributed by atoms with Crippen LogP contribution in [0.25, 0.3) is 0 Å². The molecule has 0 aliphatic rings. The van der Waals surface area contributed by atoms with Crippen molar-refractivity contribution in [1.29, 1.82) is 0 Å². The molecule has 54 valence electrons. The van der Waals surface area contributed by atoms with Crippen molar-refractivity contribution < 1.29 is 0 Å². The number of nitrogens with zero attached hydrogens (tertiary/aromatic N) is 2. The van der Waals surface area contributed by atoms with Crippen LogP contribution < -0.4 is 0 Å². The zero-order valence-electron chi connectivity index (χ0n) is 5.96. The zero-order chi connectivity index (χ0) is 7.56. The summed E-state index contributed by atoms with van der Waals surface area (Å²) in [6, 6.07) is 0. The first-order valence-corrected chi connectivity index (χ1v) is 3.52. The summed E-state index contributed by atoms with van der Waals surface area (Å²) < 4.78 is 0.499. The Hall–Kier alpha value is -0.770. The Kier molecular flexibility index (Phi) is 2.11. The van der Waals surface area contributed by atoms with Crippen LogP contribution in [0.15, 0.2) is 6.33 Å². The highest BCUT2D eigenvalue weighted by atomic mass is 32.1. The predicted octanol–water partition coefficient (Wildman–Crippen LogP) is 1.66. The van der Waals surface area contributed by atoms with Crippen LogP contribution in [0.1, 0.15) is 25.6 Å². The van der Waals surface area contributed by atoms with Crippen LogP contribution in [0.3, 0.4) is 0 Å². The van der Waals surface area contributed by atoms with Gasteiger partial charge in [-0.25, -0.2) is 9.97 Å². The lowest BCUT2D eigenvalue weighted by molar-refractivity contribution is 0.754. The lowest BCUT2D eigenvalue weighted by Gasteiger charge is -2.00. The maximum atomic E-state index is 4.81. The third kappa shape index (κ3) is 1.60. The minimum atomic E-state index is 0.379. The molecule has 0 radical (unpaired) electrons. The van der Waals surface area contributed by atoms with E-state index in [4.69, 9.17) is 12.2 Å². The van der Waals surface area contributed by atoms with E-state index in [2.05, 4.69) is 15.0 Å². The first-order valence-electron chi connectivity index (χ1n) is 3.11. The van der Waals surface area contributed by atoms with Gasteiger partial charge < -0.3 is 4.98 Å². The second kappa shape index (κ2) is 2.88. The highest BCUT2D eigenvalue weighted by Gasteiger charge is 1.97. The van der Waals surface area contributed by atoms with Crippen molar-refractivity contribution in [1.82, 2.24) is 15.0 Å². The molecule has 0 bridgehead atoms. The molecule has 0 aliphatic carbocycles. The molecule has 1 N–H and O–H groups in total. The van der Waals surface area contributed by atoms with Gasteiger partial charge in [-0.05, 0) is 12.2 Å². The molecule has 0 atom stereocenters. The summed E-state index contributed by atoms with van der Waals surface area (Å²) in [6.07, 6.45) is 1.48. The molecule has 0 aromatic carbocycles. The molecule has 0 unspecified atom stereocenters. The quantitative estimate of drug-likeness (QED) is 0.627. The van der Waals surface area contributed by atoms with Crippen LogP contribution in [-0.2, 0) is 0 Å². The van der Waals surface area contributed by atoms with E-state index in [1.54, 1.807) is 0 Å². The van der Waals surface area contributed by atoms with Gasteiger partial charge in [-0.2, -0.15) is 0 Å². The van der Waals surface area contributed by atoms with Gasteiger partial charge in [-0.15, -0.1) is 0 Å². The standard InChI is InChI=1S/C6H9N3S/c1-4(2)5-7-3-8-6(10)9-5/h3-4H,1-2H3,(H,7,8,9,10). The Bertz CT molecular complexity index is 266. The van der Waals surface area contributed by atoms with Crippen LogP contribution in [0.2, 0.25) is 0 Å². The zero-order valence-corrected chi connectivity index (χ0v) is 6.77. The van der Waals surface area contributed by atoms with Crippen LogP contribution in [0.4, 0.5) is 0 Å². The summed E-state index contributed by atoms with van der Waals surface area (Å²) in [5.41, 5.74) is 0. The van der Waals surface area contributed by atoms with E-state index in [0.717, 1.165) is 5.82 Å². The van der Waals surface area contributed by atoms with Gasteiger partial charge in [0.15, 0.2) is 4.77 Å². The van der Waals surface area contributed by atoms with Crippen molar-refractivity contribution in [2.24, 2.45) is 0 Å². The van der Waals surface area contributed by atoms with E-state index in [0.29, 0.717) is 10.7 Å². The number of aromatic amines is 1. The maximum Gasteiger partial charge on any atom is 0.199 e. The molecular formula is C6H9N3S. The first-order chi connectivity index (χ1) is 4.70. The Balaban J connectivity index is 3.07. The number of rotatable bonds is 1. The number of nitrogens with one attached hydrogen (secondary N) is 1. The fourth-order valence-electron chi connectivity index (χ4n) is 0.611. The minimum absolute atomic E-state index is 0.379. The second-order valence-electron chi connectivity index (χ2n) is 2.34. The number of hydrogen-bond donors (Lipinski definition) is 1. The van der Waals surface area contributed by atoms with Crippen LogP contribution in [0.5, 0.6) is 0 Å². The SMILES string of the molecule is CC(C)c1ncnc(=S)[nH]1. The van der Waals surface area contributed by atoms with E-state index in [1.807, 2.05) is 13.8 Å². The van der Waals surface area contributed by atoms with E-state index in [-0.39, 0.29) is 0 Å². The van der Waals surface area contributed by atoms with Gasteiger partial charge in [0.05, 0.1) is 0 Å². The third-order valence-corrected chi connectivity index (χ3v) is 1.36. The van der Waals surface area contributed by atoms with Gasteiger partial charge in [0.2, 0.25) is 0 Å². The van der Waals surface area contributed by atoms with Gasteiger partial charge in [0.1, 0.15) is 12.2 Å². The summed E-state index contributed by atoms with van der Waals surface area (Å²) in [5.74, 6) is 1.27. The van der Waals surface area contributed by atoms with Gasteiger partial charge in [-0.1, -0.05) is 13.8 Å². The maximum absolute atomic E-state index is 4.81. The van der Waals surface area contributed by atoms with Gasteiger partial charge >= 0.3 is 0 Å². The van der Waals surface area contributed by atoms with Crippen molar-refractivity contribution >= 4 is 12.2 Å². The second-order valence-corrected chi connectivity index (χ2v) is 2.73. The topological polar surface area (TPSA) is 41.6 Å². The van der Waals surface area contributed by atoms with Gasteiger partial charge in [-0.3, -0.25) is 0 Å². The van der Waals surface area contributed by atoms with Crippen LogP contribution in [0, 0.1) is 4.77 Å². The molecule has 0 saturated heterocycles. The third-order valence-electron chi connectivity index (χ3n) is 1.15. The summed E-state index contributed by atoms with van der Waals surface area (Å²) >= 11 is 4.81. The highest BCUT2D eigenvalue weighted by Crippen LogP contribution is 2.04. The molecule has 1 heterocycles. The fraction of sp³-hybridized carbons (Fsp3) is 0.500. The van der Waals surface area contributed by atoms with E-state index < -0.39 is 0 Å². The van der Waals surface area contributed by atoms with Crippen molar-refractivity contribution in [3.05, 3.63) is 16.9 Å². The minimum Gasteiger partial charge on any atom is -0.319 e. The number of H-pyrrole nitrogens is 1. The summed E-state index contributed by atoms with van der Waals surface area (Å²) in [4.78, 5) is 10.7. The summed E-state index contributed by atoms with van der Waals surface area (Å²) in [7, 11) is 0. The monoisotopic (exact) mass is 155 g/mol. The largest absolute Gasteiger partial charge is 0.319 e. The van der Waals surface area contributed by atoms with Gasteiger partial charge in [0, 0.05) is 5.92 Å². The average molecular weight is 155 g/mol. The number of hydrogen-bond acceptors (Lipinski definition) is 3. The molecule has 0 amide bonds. The fourth-order valence-corrected chi connectivity index (χ4v) is 0.763. The molecule has 0 spiro atoms. The van der Waals surface area contributed by atoms with E-state index in [9.17, 15) is 0 Å². The lowest BCUT2D eigenvalue weighted by atomic mass is 10.2. The molecule has 3 nitrogen and oxygen atoms in total. The predicted molar refractivity (Wildman–Crippen MR) is 41.3 cm³/mol. The molecule has 0 aliphatic heterocycles. The Morgan fingerprint density at radius 3 is 2.60 bits per heavy atom. The van der Waals surface area contributed by atoms with Crippen molar-refractivity contribution in [2.75, 3.05) is 0 Å². The normalized spacial score (nSPS) is 10.3. The molecule has 0 fully saturated rings. The van der Waals surface area contributed by atoms with E-state index >= 15 is 0 Å². The molecule has 10 heavy (non-hydrogen) atoms. The average Bonchev–Trinajstić information content (AvgIpc) is 1.88. The summed E-state index contributed by atoms with van der Waals surface area (Å²) in [6.45, 7) is 4.10. The van der Waals surface area contributed by atoms with Gasteiger partial charge in [0.25, 0.3) is 0 Å². The molecule has 0 saturated carbocycles. The molecule has 4 heteroatoms. The Morgan fingerprint density at radius 1 is 1.50 bits per heavy atom. The van der Waals surface area contributed by atoms with Crippen LogP contribution in [-0.4, -0.2) is 15.0 Å². The molecule has 1 rings (SSSR count). The lowest BCUT2D eigenvalue weighted by Crippen LogP contribution is -1.97. The van der Waals surface area contributed by atoms with Crippen molar-refractivity contribution in [3.63, 3.8) is 0 Å². The highest BCUT2D eigenvalue weighted by molar-refractivity contribution is 7.71. The Morgan fingerprint density at radius 2 is 2.20 bits per heavy atom. The molecule has 1 aromatic heterocycles. The van der Waals surface area contributed by atoms with Crippen molar-refractivity contribution in [3.8, 4) is 0 Å². The smallest absolute Gasteiger partial charge is 0.199 e.